The molecule has 0 fully saturated rings. The molecule has 0 spiro atoms. The van der Waals surface area contributed by atoms with Crippen LogP contribution in [-0.2, 0) is 27.9 Å². The van der Waals surface area contributed by atoms with E-state index in [9.17, 15) is 14.3 Å². The van der Waals surface area contributed by atoms with Gasteiger partial charge in [0.2, 0.25) is 0 Å². The van der Waals surface area contributed by atoms with E-state index in [0.717, 1.165) is 32.1 Å². The number of esters is 1. The van der Waals surface area contributed by atoms with Crippen LogP contribution in [-0.4, -0.2) is 75.6 Å². The van der Waals surface area contributed by atoms with E-state index >= 15 is 0 Å². The highest BCUT2D eigenvalue weighted by Gasteiger charge is 2.26. The predicted molar refractivity (Wildman–Crippen MR) is 229 cm³/mol. The lowest BCUT2D eigenvalue weighted by Gasteiger charge is -2.24. The van der Waals surface area contributed by atoms with Crippen molar-refractivity contribution in [3.63, 3.8) is 0 Å². The lowest BCUT2D eigenvalue weighted by molar-refractivity contribution is -0.870. The SMILES string of the molecule is CCCCCCCCCC/C=C\CCCCCCCCCCCCOCC(COP(=O)(O)OCC[N+](C)(C)C)OC(=O)CCCCCCCCCCCC. The highest BCUT2D eigenvalue weighted by molar-refractivity contribution is 7.47. The summed E-state index contributed by atoms with van der Waals surface area (Å²) in [6.45, 7) is 5.64. The molecule has 0 aliphatic rings. The number of hydrogen-bond acceptors (Lipinski definition) is 6. The van der Waals surface area contributed by atoms with Crippen LogP contribution >= 0.6 is 7.82 Å². The van der Waals surface area contributed by atoms with Crippen LogP contribution in [0.4, 0.5) is 0 Å². The van der Waals surface area contributed by atoms with E-state index in [2.05, 4.69) is 26.0 Å². The van der Waals surface area contributed by atoms with Crippen LogP contribution in [0.5, 0.6) is 0 Å². The lowest BCUT2D eigenvalue weighted by atomic mass is 10.1. The molecule has 9 heteroatoms. The molecule has 0 amide bonds. The van der Waals surface area contributed by atoms with Crippen LogP contribution in [0, 0.1) is 0 Å². The third-order valence-electron chi connectivity index (χ3n) is 10.1. The van der Waals surface area contributed by atoms with Gasteiger partial charge < -0.3 is 18.9 Å². The normalized spacial score (nSPS) is 13.8. The van der Waals surface area contributed by atoms with Gasteiger partial charge >= 0.3 is 13.8 Å². The maximum absolute atomic E-state index is 12.6. The fraction of sp³-hybridized carbons (Fsp3) is 0.933. The summed E-state index contributed by atoms with van der Waals surface area (Å²) in [5.41, 5.74) is 0. The van der Waals surface area contributed by atoms with Gasteiger partial charge in [-0.15, -0.1) is 0 Å². The number of unbranched alkanes of at least 4 members (excludes halogenated alkanes) is 27. The molecule has 1 N–H and O–H groups in total. The van der Waals surface area contributed by atoms with E-state index < -0.39 is 13.9 Å². The quantitative estimate of drug-likeness (QED) is 0.0216. The molecule has 0 heterocycles. The minimum Gasteiger partial charge on any atom is -0.457 e. The Morgan fingerprint density at radius 2 is 0.963 bits per heavy atom. The van der Waals surface area contributed by atoms with Crippen LogP contribution in [0.15, 0.2) is 12.2 Å². The summed E-state index contributed by atoms with van der Waals surface area (Å²) in [7, 11) is 1.68. The Balaban J connectivity index is 4.07. The Morgan fingerprint density at radius 1 is 0.556 bits per heavy atom. The number of likely N-dealkylation sites (N-methyl/N-ethyl adjacent to an activating group) is 1. The molecule has 0 aliphatic carbocycles. The second-order valence-corrected chi connectivity index (χ2v) is 18.2. The summed E-state index contributed by atoms with van der Waals surface area (Å²) >= 11 is 0. The number of rotatable bonds is 43. The standard InChI is InChI=1S/C45H90NO7P/c1-6-8-10-12-14-16-18-19-20-21-22-23-24-25-26-27-28-29-31-33-35-37-40-50-42-44(43-52-54(48,49)51-41-39-46(3,4)5)53-45(47)38-36-34-32-30-17-15-13-11-9-7-2/h21-22,44H,6-20,23-43H2,1-5H3/p+1/b22-21-. The number of phosphoric ester groups is 1. The number of allylic oxidation sites excluding steroid dienone is 2. The Bertz CT molecular complexity index is 879. The molecule has 8 nitrogen and oxygen atoms in total. The van der Waals surface area contributed by atoms with Crippen molar-refractivity contribution >= 4 is 13.8 Å². The van der Waals surface area contributed by atoms with E-state index in [1.807, 2.05) is 21.1 Å². The average molecular weight is 789 g/mol. The Morgan fingerprint density at radius 3 is 1.41 bits per heavy atom. The van der Waals surface area contributed by atoms with Crippen molar-refractivity contribution < 1.29 is 37.3 Å². The maximum atomic E-state index is 12.6. The van der Waals surface area contributed by atoms with Crippen molar-refractivity contribution in [3.8, 4) is 0 Å². The Kier molecular flexibility index (Phi) is 38.5. The van der Waals surface area contributed by atoms with E-state index in [1.54, 1.807) is 0 Å². The zero-order valence-electron chi connectivity index (χ0n) is 36.5. The summed E-state index contributed by atoms with van der Waals surface area (Å²) in [5.74, 6) is -0.313. The molecule has 0 rings (SSSR count). The maximum Gasteiger partial charge on any atom is 0.472 e. The molecular weight excluding hydrogens is 697 g/mol. The predicted octanol–water partition coefficient (Wildman–Crippen LogP) is 13.4. The number of hydrogen-bond donors (Lipinski definition) is 1. The Labute approximate surface area is 335 Å². The molecule has 0 aliphatic heterocycles. The third kappa shape index (κ3) is 42.4. The summed E-state index contributed by atoms with van der Waals surface area (Å²) in [5, 5.41) is 0. The van der Waals surface area contributed by atoms with Crippen molar-refractivity contribution in [2.24, 2.45) is 0 Å². The zero-order chi connectivity index (χ0) is 39.9. The first-order valence-corrected chi connectivity index (χ1v) is 24.4. The Hall–Kier alpha value is -0.760. The first-order chi connectivity index (χ1) is 26.1. The molecule has 2 unspecified atom stereocenters. The minimum atomic E-state index is -4.27. The number of phosphoric acid groups is 1. The van der Waals surface area contributed by atoms with Gasteiger partial charge in [-0.05, 0) is 38.5 Å². The molecule has 0 bridgehead atoms. The number of carbonyl (C=O) groups is 1. The molecule has 0 radical (unpaired) electrons. The molecule has 0 aromatic heterocycles. The van der Waals surface area contributed by atoms with Gasteiger partial charge in [-0.3, -0.25) is 13.8 Å². The van der Waals surface area contributed by atoms with Gasteiger partial charge in [0.15, 0.2) is 0 Å². The average Bonchev–Trinajstić information content (AvgIpc) is 3.12. The molecule has 54 heavy (non-hydrogen) atoms. The van der Waals surface area contributed by atoms with Crippen molar-refractivity contribution in [3.05, 3.63) is 12.2 Å². The number of quaternary nitrogens is 1. The van der Waals surface area contributed by atoms with E-state index in [1.165, 1.54) is 161 Å². The summed E-state index contributed by atoms with van der Waals surface area (Å²) in [4.78, 5) is 22.8. The van der Waals surface area contributed by atoms with Crippen LogP contribution in [0.3, 0.4) is 0 Å². The monoisotopic (exact) mass is 789 g/mol. The second-order valence-electron chi connectivity index (χ2n) is 16.8. The van der Waals surface area contributed by atoms with Gasteiger partial charge in [0.25, 0.3) is 0 Å². The van der Waals surface area contributed by atoms with Crippen LogP contribution in [0.1, 0.15) is 213 Å². The van der Waals surface area contributed by atoms with Gasteiger partial charge in [0.1, 0.15) is 19.3 Å². The number of carbonyl (C=O) groups excluding carboxylic acids is 1. The minimum absolute atomic E-state index is 0.0916. The van der Waals surface area contributed by atoms with E-state index in [0.29, 0.717) is 24.1 Å². The van der Waals surface area contributed by atoms with E-state index in [4.69, 9.17) is 18.5 Å². The molecule has 2 atom stereocenters. The van der Waals surface area contributed by atoms with Crippen LogP contribution in [0.2, 0.25) is 0 Å². The molecule has 0 aromatic carbocycles. The smallest absolute Gasteiger partial charge is 0.457 e. The zero-order valence-corrected chi connectivity index (χ0v) is 37.4. The topological polar surface area (TPSA) is 91.3 Å². The molecule has 322 valence electrons. The third-order valence-corrected chi connectivity index (χ3v) is 11.1. The number of ether oxygens (including phenoxy) is 2. The largest absolute Gasteiger partial charge is 0.472 e. The highest BCUT2D eigenvalue weighted by Crippen LogP contribution is 2.43. The molecular formula is C45H91NO7P+. The fourth-order valence-electron chi connectivity index (χ4n) is 6.49. The second kappa shape index (κ2) is 39.1. The van der Waals surface area contributed by atoms with Gasteiger partial charge in [0, 0.05) is 13.0 Å². The number of nitrogens with zero attached hydrogens (tertiary/aromatic N) is 1. The van der Waals surface area contributed by atoms with Crippen molar-refractivity contribution in [1.29, 1.82) is 0 Å². The van der Waals surface area contributed by atoms with Crippen molar-refractivity contribution in [2.45, 2.75) is 219 Å². The molecule has 0 saturated heterocycles. The van der Waals surface area contributed by atoms with Crippen LogP contribution in [0.25, 0.3) is 0 Å². The fourth-order valence-corrected chi connectivity index (χ4v) is 7.23. The summed E-state index contributed by atoms with van der Waals surface area (Å²) in [6, 6.07) is 0. The summed E-state index contributed by atoms with van der Waals surface area (Å²) in [6.07, 6.45) is 42.5. The van der Waals surface area contributed by atoms with Gasteiger partial charge in [-0.1, -0.05) is 180 Å². The van der Waals surface area contributed by atoms with Gasteiger partial charge in [-0.2, -0.15) is 0 Å². The highest BCUT2D eigenvalue weighted by atomic mass is 31.2. The lowest BCUT2D eigenvalue weighted by Crippen LogP contribution is -2.37. The van der Waals surface area contributed by atoms with Crippen molar-refractivity contribution in [2.75, 3.05) is 54.1 Å². The van der Waals surface area contributed by atoms with Crippen LogP contribution < -0.4 is 0 Å². The molecule has 0 saturated carbocycles. The van der Waals surface area contributed by atoms with E-state index in [-0.39, 0.29) is 25.8 Å². The van der Waals surface area contributed by atoms with Crippen molar-refractivity contribution in [1.82, 2.24) is 0 Å². The first kappa shape index (κ1) is 53.2. The molecule has 0 aromatic rings. The summed E-state index contributed by atoms with van der Waals surface area (Å²) < 4.78 is 35.0. The van der Waals surface area contributed by atoms with Gasteiger partial charge in [0.05, 0.1) is 34.4 Å². The first-order valence-electron chi connectivity index (χ1n) is 22.9. The van der Waals surface area contributed by atoms with Gasteiger partial charge in [-0.25, -0.2) is 4.57 Å².